The van der Waals surface area contributed by atoms with Crippen molar-refractivity contribution in [1.29, 1.82) is 0 Å². The van der Waals surface area contributed by atoms with Crippen molar-refractivity contribution in [2.24, 2.45) is 5.41 Å². The second kappa shape index (κ2) is 6.78. The van der Waals surface area contributed by atoms with Crippen molar-refractivity contribution in [2.75, 3.05) is 0 Å². The molecule has 120 valence electrons. The van der Waals surface area contributed by atoms with Gasteiger partial charge >= 0.3 is 5.97 Å². The van der Waals surface area contributed by atoms with Crippen molar-refractivity contribution in [3.8, 4) is 0 Å². The Balaban J connectivity index is 2.28. The zero-order valence-electron chi connectivity index (χ0n) is 14.1. The normalized spacial score (nSPS) is 17.1. The number of carbonyl (C=O) groups is 2. The number of hydrogen-bond acceptors (Lipinski definition) is 3. The average Bonchev–Trinajstić information content (AvgIpc) is 2.43. The highest BCUT2D eigenvalue weighted by Crippen LogP contribution is 2.41. The molecular weight excluding hydrogens is 288 g/mol. The van der Waals surface area contributed by atoms with Gasteiger partial charge in [-0.05, 0) is 30.2 Å². The molecule has 1 aromatic carbocycles. The van der Waals surface area contributed by atoms with Crippen LogP contribution in [0.5, 0.6) is 0 Å². The highest BCUT2D eigenvalue weighted by Gasteiger charge is 2.34. The van der Waals surface area contributed by atoms with Crippen LogP contribution in [0.25, 0.3) is 6.08 Å². The molecule has 3 heteroatoms. The van der Waals surface area contributed by atoms with Crippen LogP contribution >= 0.6 is 0 Å². The van der Waals surface area contributed by atoms with Crippen LogP contribution in [0, 0.1) is 5.41 Å². The zero-order chi connectivity index (χ0) is 17.0. The number of carbonyl (C=O) groups excluding carboxylic acids is 2. The van der Waals surface area contributed by atoms with Crippen LogP contribution in [-0.2, 0) is 14.3 Å². The molecule has 0 bridgehead atoms. The van der Waals surface area contributed by atoms with Crippen LogP contribution in [0.2, 0.25) is 0 Å². The predicted octanol–water partition coefficient (Wildman–Crippen LogP) is 4.46. The van der Waals surface area contributed by atoms with E-state index in [1.165, 1.54) is 6.92 Å². The van der Waals surface area contributed by atoms with E-state index in [0.29, 0.717) is 12.2 Å². The van der Waals surface area contributed by atoms with Crippen LogP contribution < -0.4 is 0 Å². The van der Waals surface area contributed by atoms with Gasteiger partial charge in [0.15, 0.2) is 5.78 Å². The van der Waals surface area contributed by atoms with Crippen molar-refractivity contribution in [3.05, 3.63) is 65.0 Å². The van der Waals surface area contributed by atoms with Crippen LogP contribution in [0.15, 0.2) is 59.4 Å². The quantitative estimate of drug-likeness (QED) is 0.609. The number of hydrogen-bond donors (Lipinski definition) is 0. The second-order valence-electron chi connectivity index (χ2n) is 6.43. The first-order valence-electron chi connectivity index (χ1n) is 7.67. The van der Waals surface area contributed by atoms with E-state index in [1.807, 2.05) is 57.2 Å². The fourth-order valence-corrected chi connectivity index (χ4v) is 3.02. The number of ketones is 1. The lowest BCUT2D eigenvalue weighted by molar-refractivity contribution is -0.137. The van der Waals surface area contributed by atoms with Gasteiger partial charge in [-0.25, -0.2) is 0 Å². The summed E-state index contributed by atoms with van der Waals surface area (Å²) in [6, 6.07) is 9.73. The first kappa shape index (κ1) is 16.9. The van der Waals surface area contributed by atoms with Crippen LogP contribution in [0.3, 0.4) is 0 Å². The van der Waals surface area contributed by atoms with Gasteiger partial charge in [-0.15, -0.1) is 0 Å². The molecule has 0 aliphatic heterocycles. The fourth-order valence-electron chi connectivity index (χ4n) is 3.02. The molecule has 2 rings (SSSR count). The second-order valence-corrected chi connectivity index (χ2v) is 6.43. The number of benzene rings is 1. The van der Waals surface area contributed by atoms with E-state index in [4.69, 9.17) is 4.74 Å². The maximum absolute atomic E-state index is 12.6. The minimum absolute atomic E-state index is 0.00511. The van der Waals surface area contributed by atoms with Gasteiger partial charge in [-0.2, -0.15) is 0 Å². The van der Waals surface area contributed by atoms with E-state index in [2.05, 4.69) is 0 Å². The third-order valence-corrected chi connectivity index (χ3v) is 3.81. The van der Waals surface area contributed by atoms with Crippen molar-refractivity contribution >= 4 is 17.8 Å². The summed E-state index contributed by atoms with van der Waals surface area (Å²) < 4.78 is 5.21. The summed E-state index contributed by atoms with van der Waals surface area (Å²) >= 11 is 0. The molecule has 23 heavy (non-hydrogen) atoms. The van der Waals surface area contributed by atoms with Gasteiger partial charge in [0.2, 0.25) is 0 Å². The summed E-state index contributed by atoms with van der Waals surface area (Å²) in [6.07, 6.45) is 5.75. The molecule has 0 atom stereocenters. The van der Waals surface area contributed by atoms with Gasteiger partial charge in [-0.1, -0.05) is 50.3 Å². The molecule has 0 aromatic heterocycles. The standard InChI is InChI=1S/C20H22O3/c1-14-12-17(23-15(2)21)13-20(3,4)19(14)18(22)11-10-16-8-6-5-7-9-16/h5-12H,13H2,1-4H3/b11-10+. The lowest BCUT2D eigenvalue weighted by Crippen LogP contribution is -2.26. The Morgan fingerprint density at radius 3 is 2.39 bits per heavy atom. The average molecular weight is 310 g/mol. The van der Waals surface area contributed by atoms with Crippen molar-refractivity contribution < 1.29 is 14.3 Å². The van der Waals surface area contributed by atoms with Gasteiger partial charge in [0.1, 0.15) is 5.76 Å². The highest BCUT2D eigenvalue weighted by molar-refractivity contribution is 6.08. The number of rotatable bonds is 4. The van der Waals surface area contributed by atoms with Gasteiger partial charge in [0.25, 0.3) is 0 Å². The number of ether oxygens (including phenoxy) is 1. The van der Waals surface area contributed by atoms with E-state index < -0.39 is 0 Å². The Morgan fingerprint density at radius 2 is 1.83 bits per heavy atom. The first-order valence-corrected chi connectivity index (χ1v) is 7.67. The summed E-state index contributed by atoms with van der Waals surface area (Å²) in [5.41, 5.74) is 2.23. The van der Waals surface area contributed by atoms with E-state index in [0.717, 1.165) is 16.7 Å². The van der Waals surface area contributed by atoms with Crippen molar-refractivity contribution in [2.45, 2.75) is 34.1 Å². The molecule has 1 aliphatic rings. The van der Waals surface area contributed by atoms with Crippen molar-refractivity contribution in [1.82, 2.24) is 0 Å². The Bertz CT molecular complexity index is 704. The minimum atomic E-state index is -0.373. The van der Waals surface area contributed by atoms with Gasteiger partial charge in [0.05, 0.1) is 0 Å². The molecule has 3 nitrogen and oxygen atoms in total. The molecule has 0 unspecified atom stereocenters. The summed E-state index contributed by atoms with van der Waals surface area (Å²) in [4.78, 5) is 23.8. The van der Waals surface area contributed by atoms with E-state index in [9.17, 15) is 9.59 Å². The van der Waals surface area contributed by atoms with Crippen molar-refractivity contribution in [3.63, 3.8) is 0 Å². The predicted molar refractivity (Wildman–Crippen MR) is 91.4 cm³/mol. The SMILES string of the molecule is CC(=O)OC1=CC(C)=C(C(=O)/C=C/c2ccccc2)C(C)(C)C1. The molecule has 0 amide bonds. The summed E-state index contributed by atoms with van der Waals surface area (Å²) in [7, 11) is 0. The summed E-state index contributed by atoms with van der Waals surface area (Å²) in [5.74, 6) is 0.275. The van der Waals surface area contributed by atoms with Gasteiger partial charge in [0, 0.05) is 24.3 Å². The number of esters is 1. The highest BCUT2D eigenvalue weighted by atomic mass is 16.5. The largest absolute Gasteiger partial charge is 0.431 e. The Hall–Kier alpha value is -2.42. The Kier molecular flexibility index (Phi) is 4.99. The third-order valence-electron chi connectivity index (χ3n) is 3.81. The van der Waals surface area contributed by atoms with Crippen LogP contribution in [-0.4, -0.2) is 11.8 Å². The third kappa shape index (κ3) is 4.28. The van der Waals surface area contributed by atoms with Crippen LogP contribution in [0.4, 0.5) is 0 Å². The molecule has 0 saturated carbocycles. The topological polar surface area (TPSA) is 43.4 Å². The molecule has 0 N–H and O–H groups in total. The molecular formula is C20H22O3. The lowest BCUT2D eigenvalue weighted by atomic mass is 9.73. The minimum Gasteiger partial charge on any atom is -0.431 e. The van der Waals surface area contributed by atoms with Gasteiger partial charge in [-0.3, -0.25) is 9.59 Å². The zero-order valence-corrected chi connectivity index (χ0v) is 14.1. The first-order chi connectivity index (χ1) is 10.8. The molecule has 0 radical (unpaired) electrons. The maximum atomic E-state index is 12.6. The number of allylic oxidation sites excluding steroid dienone is 5. The Morgan fingerprint density at radius 1 is 1.17 bits per heavy atom. The molecule has 0 saturated heterocycles. The van der Waals surface area contributed by atoms with Gasteiger partial charge < -0.3 is 4.74 Å². The molecule has 0 fully saturated rings. The Labute approximate surface area is 137 Å². The maximum Gasteiger partial charge on any atom is 0.307 e. The molecule has 0 heterocycles. The lowest BCUT2D eigenvalue weighted by Gasteiger charge is -2.32. The summed E-state index contributed by atoms with van der Waals surface area (Å²) in [5, 5.41) is 0. The molecule has 1 aliphatic carbocycles. The monoisotopic (exact) mass is 310 g/mol. The molecule has 1 aromatic rings. The fraction of sp³-hybridized carbons (Fsp3) is 0.300. The summed E-state index contributed by atoms with van der Waals surface area (Å²) in [6.45, 7) is 7.26. The van der Waals surface area contributed by atoms with Crippen LogP contribution in [0.1, 0.15) is 39.7 Å². The van der Waals surface area contributed by atoms with E-state index in [1.54, 1.807) is 12.2 Å². The molecule has 0 spiro atoms. The van der Waals surface area contributed by atoms with E-state index in [-0.39, 0.29) is 17.2 Å². The smallest absolute Gasteiger partial charge is 0.307 e. The van der Waals surface area contributed by atoms with E-state index >= 15 is 0 Å².